The molecule has 1 unspecified atom stereocenters. The highest BCUT2D eigenvalue weighted by atomic mass is 16.6. The fourth-order valence-electron chi connectivity index (χ4n) is 2.19. The third kappa shape index (κ3) is 4.68. The van der Waals surface area contributed by atoms with E-state index in [9.17, 15) is 4.79 Å². The van der Waals surface area contributed by atoms with Crippen LogP contribution in [0.15, 0.2) is 12.1 Å². The zero-order chi connectivity index (χ0) is 15.1. The number of hydrogen-bond acceptors (Lipinski definition) is 5. The van der Waals surface area contributed by atoms with Gasteiger partial charge in [-0.2, -0.15) is 0 Å². The molecular weight excluding hydrogens is 270 g/mol. The van der Waals surface area contributed by atoms with E-state index in [1.165, 1.54) is 0 Å². The van der Waals surface area contributed by atoms with Gasteiger partial charge in [0.05, 0.1) is 25.9 Å². The topological polar surface area (TPSA) is 72.5 Å². The van der Waals surface area contributed by atoms with Crippen LogP contribution in [0, 0.1) is 0 Å². The fourth-order valence-corrected chi connectivity index (χ4v) is 2.19. The number of carbonyl (C=O) groups is 1. The summed E-state index contributed by atoms with van der Waals surface area (Å²) in [6.07, 6.45) is 1.78. The summed E-state index contributed by atoms with van der Waals surface area (Å²) in [6, 6.07) is 3.60. The van der Waals surface area contributed by atoms with Gasteiger partial charge in [-0.1, -0.05) is 13.3 Å². The molecule has 1 aromatic rings. The van der Waals surface area contributed by atoms with Crippen LogP contribution in [0.3, 0.4) is 0 Å². The number of pyridine rings is 1. The molecule has 0 radical (unpaired) electrons. The summed E-state index contributed by atoms with van der Waals surface area (Å²) < 4.78 is 10.8. The first-order valence-corrected chi connectivity index (χ1v) is 7.39. The third-order valence-electron chi connectivity index (χ3n) is 3.28. The van der Waals surface area contributed by atoms with Crippen molar-refractivity contribution in [1.82, 2.24) is 10.3 Å². The molecule has 0 spiro atoms. The number of aromatic nitrogens is 1. The molecule has 1 saturated heterocycles. The Morgan fingerprint density at radius 3 is 2.95 bits per heavy atom. The van der Waals surface area contributed by atoms with E-state index >= 15 is 0 Å². The van der Waals surface area contributed by atoms with E-state index in [1.54, 1.807) is 13.1 Å². The minimum absolute atomic E-state index is 0.0663. The Morgan fingerprint density at radius 1 is 1.43 bits per heavy atom. The Labute approximate surface area is 125 Å². The van der Waals surface area contributed by atoms with Crippen molar-refractivity contribution in [2.24, 2.45) is 0 Å². The molecule has 0 bridgehead atoms. The number of amides is 1. The summed E-state index contributed by atoms with van der Waals surface area (Å²) in [7, 11) is 1.80. The largest absolute Gasteiger partial charge is 0.376 e. The molecule has 2 heterocycles. The van der Waals surface area contributed by atoms with E-state index in [4.69, 9.17) is 9.47 Å². The van der Waals surface area contributed by atoms with Gasteiger partial charge in [0.1, 0.15) is 5.82 Å². The van der Waals surface area contributed by atoms with Gasteiger partial charge in [-0.3, -0.25) is 4.79 Å². The number of rotatable bonds is 6. The molecule has 1 aliphatic rings. The van der Waals surface area contributed by atoms with Crippen molar-refractivity contribution in [2.75, 3.05) is 38.7 Å². The maximum atomic E-state index is 12.2. The summed E-state index contributed by atoms with van der Waals surface area (Å²) in [6.45, 7) is 4.29. The van der Waals surface area contributed by atoms with Crippen LogP contribution >= 0.6 is 0 Å². The highest BCUT2D eigenvalue weighted by molar-refractivity contribution is 5.95. The summed E-state index contributed by atoms with van der Waals surface area (Å²) in [4.78, 5) is 16.7. The third-order valence-corrected chi connectivity index (χ3v) is 3.28. The second-order valence-corrected chi connectivity index (χ2v) is 5.01. The lowest BCUT2D eigenvalue weighted by atomic mass is 10.1. The number of anilines is 1. The highest BCUT2D eigenvalue weighted by Crippen LogP contribution is 2.12. The number of ether oxygens (including phenoxy) is 2. The van der Waals surface area contributed by atoms with Crippen LogP contribution in [0.5, 0.6) is 0 Å². The van der Waals surface area contributed by atoms with Gasteiger partial charge in [-0.25, -0.2) is 4.98 Å². The maximum Gasteiger partial charge on any atom is 0.251 e. The molecule has 0 aromatic carbocycles. The number of carbonyl (C=O) groups excluding carboxylic acids is 1. The van der Waals surface area contributed by atoms with E-state index in [2.05, 4.69) is 22.5 Å². The molecule has 6 nitrogen and oxygen atoms in total. The quantitative estimate of drug-likeness (QED) is 0.825. The van der Waals surface area contributed by atoms with Crippen molar-refractivity contribution in [3.63, 3.8) is 0 Å². The van der Waals surface area contributed by atoms with Gasteiger partial charge in [-0.05, 0) is 18.6 Å². The number of aryl methyl sites for hydroxylation is 1. The van der Waals surface area contributed by atoms with Crippen molar-refractivity contribution >= 4 is 11.7 Å². The molecule has 2 N–H and O–H groups in total. The average Bonchev–Trinajstić information content (AvgIpc) is 2.53. The lowest BCUT2D eigenvalue weighted by Gasteiger charge is -2.23. The molecule has 0 aliphatic carbocycles. The van der Waals surface area contributed by atoms with Crippen LogP contribution in [0.2, 0.25) is 0 Å². The molecular formula is C15H23N3O3. The maximum absolute atomic E-state index is 12.2. The Hall–Kier alpha value is -1.66. The molecule has 1 aromatic heterocycles. The molecule has 6 heteroatoms. The minimum Gasteiger partial charge on any atom is -0.376 e. The van der Waals surface area contributed by atoms with Gasteiger partial charge < -0.3 is 20.1 Å². The molecule has 1 aliphatic heterocycles. The first-order valence-electron chi connectivity index (χ1n) is 7.39. The first kappa shape index (κ1) is 15.7. The van der Waals surface area contributed by atoms with Gasteiger partial charge in [0.2, 0.25) is 0 Å². The minimum atomic E-state index is -0.111. The van der Waals surface area contributed by atoms with Crippen LogP contribution < -0.4 is 10.6 Å². The monoisotopic (exact) mass is 293 g/mol. The smallest absolute Gasteiger partial charge is 0.251 e. The Kier molecular flexibility index (Phi) is 5.95. The summed E-state index contributed by atoms with van der Waals surface area (Å²) in [5, 5.41) is 5.88. The Morgan fingerprint density at radius 2 is 2.29 bits per heavy atom. The van der Waals surface area contributed by atoms with Crippen LogP contribution in [-0.4, -0.2) is 50.4 Å². The predicted octanol–water partition coefficient (Wildman–Crippen LogP) is 1.22. The Balaban J connectivity index is 1.98. The number of nitrogens with zero attached hydrogens (tertiary/aromatic N) is 1. The number of nitrogens with one attached hydrogen (secondary N) is 2. The van der Waals surface area contributed by atoms with Crippen molar-refractivity contribution in [2.45, 2.75) is 25.9 Å². The zero-order valence-corrected chi connectivity index (χ0v) is 12.6. The molecule has 1 atom stereocenters. The second kappa shape index (κ2) is 7.95. The summed E-state index contributed by atoms with van der Waals surface area (Å²) >= 11 is 0. The molecule has 0 saturated carbocycles. The lowest BCUT2D eigenvalue weighted by molar-refractivity contribution is -0.0855. The van der Waals surface area contributed by atoms with Crippen LogP contribution in [0.25, 0.3) is 0 Å². The van der Waals surface area contributed by atoms with E-state index < -0.39 is 0 Å². The SMILES string of the molecule is CCCc1cc(C(=O)NCC2COCCO2)cc(NC)n1. The zero-order valence-electron chi connectivity index (χ0n) is 12.6. The molecule has 21 heavy (non-hydrogen) atoms. The van der Waals surface area contributed by atoms with Crippen LogP contribution in [0.4, 0.5) is 5.82 Å². The van der Waals surface area contributed by atoms with Gasteiger partial charge in [0.25, 0.3) is 5.91 Å². The lowest BCUT2D eigenvalue weighted by Crippen LogP contribution is -2.39. The molecule has 1 fully saturated rings. The predicted molar refractivity (Wildman–Crippen MR) is 80.7 cm³/mol. The number of hydrogen-bond donors (Lipinski definition) is 2. The van der Waals surface area contributed by atoms with E-state index in [0.29, 0.717) is 37.7 Å². The molecule has 116 valence electrons. The molecule has 2 rings (SSSR count). The summed E-state index contributed by atoms with van der Waals surface area (Å²) in [5.74, 6) is 0.601. The standard InChI is InChI=1S/C15H23N3O3/c1-3-4-12-7-11(8-14(16-2)18-12)15(19)17-9-13-10-20-5-6-21-13/h7-8,13H,3-6,9-10H2,1-2H3,(H,16,18)(H,17,19). The van der Waals surface area contributed by atoms with Gasteiger partial charge >= 0.3 is 0 Å². The van der Waals surface area contributed by atoms with Crippen molar-refractivity contribution in [3.05, 3.63) is 23.4 Å². The second-order valence-electron chi connectivity index (χ2n) is 5.01. The average molecular weight is 293 g/mol. The van der Waals surface area contributed by atoms with Gasteiger partial charge in [0.15, 0.2) is 0 Å². The van der Waals surface area contributed by atoms with Crippen molar-refractivity contribution in [1.29, 1.82) is 0 Å². The first-order chi connectivity index (χ1) is 10.2. The fraction of sp³-hybridized carbons (Fsp3) is 0.600. The normalized spacial score (nSPS) is 18.3. The van der Waals surface area contributed by atoms with Crippen LogP contribution in [-0.2, 0) is 15.9 Å². The summed E-state index contributed by atoms with van der Waals surface area (Å²) in [5.41, 5.74) is 1.54. The van der Waals surface area contributed by atoms with E-state index in [-0.39, 0.29) is 12.0 Å². The molecule has 1 amide bonds. The Bertz CT molecular complexity index is 473. The van der Waals surface area contributed by atoms with E-state index in [0.717, 1.165) is 18.5 Å². The van der Waals surface area contributed by atoms with Crippen LogP contribution in [0.1, 0.15) is 29.4 Å². The van der Waals surface area contributed by atoms with Crippen molar-refractivity contribution < 1.29 is 14.3 Å². The highest BCUT2D eigenvalue weighted by Gasteiger charge is 2.16. The van der Waals surface area contributed by atoms with Gasteiger partial charge in [0, 0.05) is 24.8 Å². The van der Waals surface area contributed by atoms with Gasteiger partial charge in [-0.15, -0.1) is 0 Å². The van der Waals surface area contributed by atoms with Crippen molar-refractivity contribution in [3.8, 4) is 0 Å². The van der Waals surface area contributed by atoms with E-state index in [1.807, 2.05) is 6.07 Å².